The molecule has 102 valence electrons. The van der Waals surface area contributed by atoms with E-state index in [-0.39, 0.29) is 11.5 Å². The second-order valence-electron chi connectivity index (χ2n) is 6.86. The summed E-state index contributed by atoms with van der Waals surface area (Å²) in [6.45, 7) is 12.9. The van der Waals surface area contributed by atoms with Crippen LogP contribution in [0.25, 0.3) is 0 Å². The average Bonchev–Trinajstić information content (AvgIpc) is 2.24. The van der Waals surface area contributed by atoms with Crippen molar-refractivity contribution in [1.29, 1.82) is 0 Å². The first-order valence-corrected chi connectivity index (χ1v) is 6.88. The quantitative estimate of drug-likeness (QED) is 0.726. The molecule has 1 unspecified atom stereocenters. The molecule has 0 aromatic heterocycles. The smallest absolute Gasteiger partial charge is 0.0471 e. The van der Waals surface area contributed by atoms with Gasteiger partial charge in [0.1, 0.15) is 0 Å². The van der Waals surface area contributed by atoms with Crippen molar-refractivity contribution in [2.75, 3.05) is 26.3 Å². The number of hydrogen-bond acceptors (Lipinski definition) is 3. The van der Waals surface area contributed by atoms with Crippen LogP contribution in [-0.2, 0) is 4.74 Å². The van der Waals surface area contributed by atoms with E-state index >= 15 is 0 Å². The maximum Gasteiger partial charge on any atom is 0.0471 e. The van der Waals surface area contributed by atoms with E-state index < -0.39 is 0 Å². The summed E-state index contributed by atoms with van der Waals surface area (Å²) < 4.78 is 5.41. The molecule has 1 saturated heterocycles. The van der Waals surface area contributed by atoms with Crippen molar-refractivity contribution >= 4 is 0 Å². The van der Waals surface area contributed by atoms with Crippen molar-refractivity contribution in [1.82, 2.24) is 5.32 Å². The van der Waals surface area contributed by atoms with Gasteiger partial charge in [-0.3, -0.25) is 0 Å². The summed E-state index contributed by atoms with van der Waals surface area (Å²) >= 11 is 0. The molecule has 3 nitrogen and oxygen atoms in total. The van der Waals surface area contributed by atoms with E-state index in [9.17, 15) is 0 Å². The van der Waals surface area contributed by atoms with Gasteiger partial charge < -0.3 is 15.8 Å². The minimum Gasteiger partial charge on any atom is -0.381 e. The Labute approximate surface area is 106 Å². The van der Waals surface area contributed by atoms with Crippen LogP contribution in [0, 0.1) is 10.8 Å². The number of nitrogens with one attached hydrogen (secondary N) is 1. The van der Waals surface area contributed by atoms with E-state index in [1.165, 1.54) is 12.8 Å². The van der Waals surface area contributed by atoms with E-state index in [1.54, 1.807) is 0 Å². The minimum atomic E-state index is 0.213. The standard InChI is InChI=1S/C14H30N2O/c1-13(2,3)12(15)5-8-16-11-14(4)6-9-17-10-7-14/h12,16H,5-11,15H2,1-4H3. The highest BCUT2D eigenvalue weighted by Gasteiger charge is 2.27. The lowest BCUT2D eigenvalue weighted by atomic mass is 9.82. The Morgan fingerprint density at radius 2 is 1.88 bits per heavy atom. The lowest BCUT2D eigenvalue weighted by Crippen LogP contribution is -2.41. The molecule has 3 N–H and O–H groups in total. The molecule has 0 amide bonds. The Bertz CT molecular complexity index is 217. The molecule has 0 bridgehead atoms. The van der Waals surface area contributed by atoms with Crippen molar-refractivity contribution in [3.63, 3.8) is 0 Å². The molecule has 0 spiro atoms. The van der Waals surface area contributed by atoms with Gasteiger partial charge in [-0.1, -0.05) is 27.7 Å². The van der Waals surface area contributed by atoms with Crippen LogP contribution in [0.4, 0.5) is 0 Å². The number of rotatable bonds is 5. The highest BCUT2D eigenvalue weighted by Crippen LogP contribution is 2.28. The summed E-state index contributed by atoms with van der Waals surface area (Å²) in [6, 6.07) is 0.275. The van der Waals surface area contributed by atoms with Gasteiger partial charge in [-0.25, -0.2) is 0 Å². The molecule has 17 heavy (non-hydrogen) atoms. The fourth-order valence-corrected chi connectivity index (χ4v) is 2.12. The predicted molar refractivity (Wildman–Crippen MR) is 73.1 cm³/mol. The van der Waals surface area contributed by atoms with Crippen LogP contribution < -0.4 is 11.1 Å². The molecule has 1 fully saturated rings. The third-order valence-corrected chi connectivity index (χ3v) is 4.00. The Morgan fingerprint density at radius 3 is 2.41 bits per heavy atom. The third kappa shape index (κ3) is 5.36. The summed E-state index contributed by atoms with van der Waals surface area (Å²) in [6.07, 6.45) is 3.40. The van der Waals surface area contributed by atoms with Crippen LogP contribution in [0.5, 0.6) is 0 Å². The first-order chi connectivity index (χ1) is 7.83. The summed E-state index contributed by atoms with van der Waals surface area (Å²) in [4.78, 5) is 0. The fraction of sp³-hybridized carbons (Fsp3) is 1.00. The minimum absolute atomic E-state index is 0.213. The third-order valence-electron chi connectivity index (χ3n) is 4.00. The van der Waals surface area contributed by atoms with Crippen LogP contribution in [0.15, 0.2) is 0 Å². The van der Waals surface area contributed by atoms with Crippen molar-refractivity contribution < 1.29 is 4.74 Å². The molecule has 1 heterocycles. The van der Waals surface area contributed by atoms with Gasteiger partial charge in [0.2, 0.25) is 0 Å². The molecular weight excluding hydrogens is 212 g/mol. The van der Waals surface area contributed by atoms with Crippen LogP contribution >= 0.6 is 0 Å². The van der Waals surface area contributed by atoms with Gasteiger partial charge in [0.05, 0.1) is 0 Å². The van der Waals surface area contributed by atoms with Gasteiger partial charge in [0.15, 0.2) is 0 Å². The van der Waals surface area contributed by atoms with E-state index in [0.29, 0.717) is 5.41 Å². The molecule has 1 aliphatic rings. The van der Waals surface area contributed by atoms with E-state index in [0.717, 1.165) is 32.7 Å². The van der Waals surface area contributed by atoms with Gasteiger partial charge in [-0.15, -0.1) is 0 Å². The fourth-order valence-electron chi connectivity index (χ4n) is 2.12. The molecular formula is C14H30N2O. The number of ether oxygens (including phenoxy) is 1. The summed E-state index contributed by atoms with van der Waals surface area (Å²) in [5.41, 5.74) is 6.78. The Hall–Kier alpha value is -0.120. The molecule has 0 aromatic carbocycles. The highest BCUT2D eigenvalue weighted by atomic mass is 16.5. The molecule has 0 saturated carbocycles. The summed E-state index contributed by atoms with van der Waals surface area (Å²) in [7, 11) is 0. The van der Waals surface area contributed by atoms with Crippen molar-refractivity contribution in [3.8, 4) is 0 Å². The molecule has 1 aliphatic heterocycles. The predicted octanol–water partition coefficient (Wildman–Crippen LogP) is 2.16. The van der Waals surface area contributed by atoms with Crippen molar-refractivity contribution in [2.45, 2.75) is 53.0 Å². The van der Waals surface area contributed by atoms with Gasteiger partial charge >= 0.3 is 0 Å². The normalized spacial score (nSPS) is 22.4. The van der Waals surface area contributed by atoms with E-state index in [1.807, 2.05) is 0 Å². The van der Waals surface area contributed by atoms with Gasteiger partial charge in [0.25, 0.3) is 0 Å². The van der Waals surface area contributed by atoms with Crippen molar-refractivity contribution in [2.24, 2.45) is 16.6 Å². The first-order valence-electron chi connectivity index (χ1n) is 6.88. The van der Waals surface area contributed by atoms with Crippen molar-refractivity contribution in [3.05, 3.63) is 0 Å². The Kier molecular flexibility index (Phi) is 5.42. The molecule has 0 aromatic rings. The summed E-state index contributed by atoms with van der Waals surface area (Å²) in [5.74, 6) is 0. The van der Waals surface area contributed by atoms with Gasteiger partial charge in [0, 0.05) is 25.8 Å². The largest absolute Gasteiger partial charge is 0.381 e. The lowest BCUT2D eigenvalue weighted by Gasteiger charge is -2.34. The first kappa shape index (κ1) is 14.9. The van der Waals surface area contributed by atoms with Crippen LogP contribution in [0.3, 0.4) is 0 Å². The molecule has 1 rings (SSSR count). The van der Waals surface area contributed by atoms with Gasteiger partial charge in [-0.05, 0) is 36.6 Å². The molecule has 0 aliphatic carbocycles. The van der Waals surface area contributed by atoms with E-state index in [2.05, 4.69) is 33.0 Å². The lowest BCUT2D eigenvalue weighted by molar-refractivity contribution is 0.0240. The molecule has 0 radical (unpaired) electrons. The SMILES string of the molecule is CC1(CNCCC(N)C(C)(C)C)CCOCC1. The Balaban J connectivity index is 2.15. The maximum absolute atomic E-state index is 6.14. The molecule has 3 heteroatoms. The van der Waals surface area contributed by atoms with E-state index in [4.69, 9.17) is 10.5 Å². The van der Waals surface area contributed by atoms with Crippen LogP contribution in [0.2, 0.25) is 0 Å². The second kappa shape index (κ2) is 6.17. The van der Waals surface area contributed by atoms with Crippen LogP contribution in [0.1, 0.15) is 47.0 Å². The number of hydrogen-bond donors (Lipinski definition) is 2. The second-order valence-corrected chi connectivity index (χ2v) is 6.86. The molecule has 1 atom stereocenters. The topological polar surface area (TPSA) is 47.3 Å². The maximum atomic E-state index is 6.14. The highest BCUT2D eigenvalue weighted by molar-refractivity contribution is 4.81. The zero-order valence-corrected chi connectivity index (χ0v) is 12.0. The number of nitrogens with two attached hydrogens (primary N) is 1. The Morgan fingerprint density at radius 1 is 1.29 bits per heavy atom. The monoisotopic (exact) mass is 242 g/mol. The van der Waals surface area contributed by atoms with Gasteiger partial charge in [-0.2, -0.15) is 0 Å². The van der Waals surface area contributed by atoms with Crippen LogP contribution in [-0.4, -0.2) is 32.3 Å². The summed E-state index contributed by atoms with van der Waals surface area (Å²) in [5, 5.41) is 3.56. The zero-order valence-electron chi connectivity index (χ0n) is 12.0. The zero-order chi connectivity index (χ0) is 12.9. The average molecular weight is 242 g/mol.